The van der Waals surface area contributed by atoms with Crippen molar-refractivity contribution in [1.29, 1.82) is 0 Å². The average molecular weight is 321 g/mol. The number of aromatic nitrogens is 4. The fourth-order valence-electron chi connectivity index (χ4n) is 1.89. The van der Waals surface area contributed by atoms with Crippen molar-refractivity contribution in [2.45, 2.75) is 19.6 Å². The van der Waals surface area contributed by atoms with Crippen molar-refractivity contribution in [2.24, 2.45) is 0 Å². The molecule has 2 aromatic heterocycles. The van der Waals surface area contributed by atoms with Crippen LogP contribution < -0.4 is 0 Å². The van der Waals surface area contributed by atoms with Crippen molar-refractivity contribution < 1.29 is 5.11 Å². The van der Waals surface area contributed by atoms with Crippen molar-refractivity contribution in [3.05, 3.63) is 52.3 Å². The Kier molecular flexibility index (Phi) is 4.01. The monoisotopic (exact) mass is 320 g/mol. The molecule has 0 amide bonds. The van der Waals surface area contributed by atoms with Crippen molar-refractivity contribution in [1.82, 2.24) is 20.0 Å². The van der Waals surface area contributed by atoms with Gasteiger partial charge in [-0.1, -0.05) is 35.0 Å². The topological polar surface area (TPSA) is 63.8 Å². The minimum atomic E-state index is -0.618. The zero-order valence-electron chi connectivity index (χ0n) is 11.3. The first kappa shape index (κ1) is 14.2. The first-order valence-electron chi connectivity index (χ1n) is 6.41. The molecule has 0 bridgehead atoms. The maximum Gasteiger partial charge on any atom is 0.125 e. The molecule has 5 nitrogen and oxygen atoms in total. The van der Waals surface area contributed by atoms with Gasteiger partial charge in [0.05, 0.1) is 29.6 Å². The van der Waals surface area contributed by atoms with Crippen LogP contribution in [0.4, 0.5) is 0 Å². The predicted molar refractivity (Wildman–Crippen MR) is 82.3 cm³/mol. The lowest BCUT2D eigenvalue weighted by Gasteiger charge is -1.99. The fourth-order valence-corrected chi connectivity index (χ4v) is 3.02. The van der Waals surface area contributed by atoms with Crippen LogP contribution in [0.15, 0.2) is 35.8 Å². The zero-order valence-corrected chi connectivity index (χ0v) is 12.8. The molecule has 1 N–H and O–H groups in total. The van der Waals surface area contributed by atoms with Crippen LogP contribution in [0, 0.1) is 0 Å². The third kappa shape index (κ3) is 3.12. The number of aliphatic hydroxyl groups excluding tert-OH is 1. The predicted octanol–water partition coefficient (Wildman–Crippen LogP) is 3.16. The van der Waals surface area contributed by atoms with E-state index in [2.05, 4.69) is 15.3 Å². The number of hydrogen-bond acceptors (Lipinski definition) is 5. The minimum Gasteiger partial charge on any atom is -0.387 e. The van der Waals surface area contributed by atoms with Crippen molar-refractivity contribution >= 4 is 22.9 Å². The second-order valence-electron chi connectivity index (χ2n) is 4.64. The highest BCUT2D eigenvalue weighted by atomic mass is 35.5. The van der Waals surface area contributed by atoms with Gasteiger partial charge in [0.25, 0.3) is 0 Å². The zero-order chi connectivity index (χ0) is 14.8. The second-order valence-corrected chi connectivity index (χ2v) is 5.91. The van der Waals surface area contributed by atoms with Crippen LogP contribution in [0.5, 0.6) is 0 Å². The van der Waals surface area contributed by atoms with Gasteiger partial charge in [-0.15, -0.1) is 16.4 Å². The molecule has 3 rings (SSSR count). The minimum absolute atomic E-state index is 0.515. The lowest BCUT2D eigenvalue weighted by Crippen LogP contribution is -2.00. The third-order valence-corrected chi connectivity index (χ3v) is 4.22. The van der Waals surface area contributed by atoms with Gasteiger partial charge in [0.1, 0.15) is 10.7 Å². The summed E-state index contributed by atoms with van der Waals surface area (Å²) in [6.45, 7) is 2.17. The van der Waals surface area contributed by atoms with Gasteiger partial charge in [0.15, 0.2) is 0 Å². The van der Waals surface area contributed by atoms with Gasteiger partial charge in [-0.25, -0.2) is 9.67 Å². The van der Waals surface area contributed by atoms with E-state index in [0.29, 0.717) is 17.3 Å². The summed E-state index contributed by atoms with van der Waals surface area (Å²) in [6, 6.07) is 7.64. The number of rotatable bonds is 4. The molecule has 7 heteroatoms. The molecule has 3 aromatic rings. The lowest BCUT2D eigenvalue weighted by molar-refractivity contribution is 0.194. The van der Waals surface area contributed by atoms with Gasteiger partial charge in [-0.05, 0) is 13.0 Å². The molecule has 0 aliphatic heterocycles. The van der Waals surface area contributed by atoms with E-state index < -0.39 is 6.10 Å². The maximum absolute atomic E-state index is 9.44. The molecular weight excluding hydrogens is 308 g/mol. The van der Waals surface area contributed by atoms with Gasteiger partial charge in [-0.2, -0.15) is 0 Å². The van der Waals surface area contributed by atoms with Crippen molar-refractivity contribution in [3.63, 3.8) is 0 Å². The smallest absolute Gasteiger partial charge is 0.125 e. The van der Waals surface area contributed by atoms with E-state index in [0.717, 1.165) is 16.3 Å². The molecule has 0 aliphatic rings. The Labute approximate surface area is 130 Å². The van der Waals surface area contributed by atoms with Crippen LogP contribution in [0.1, 0.15) is 24.4 Å². The van der Waals surface area contributed by atoms with Gasteiger partial charge in [-0.3, -0.25) is 0 Å². The Bertz CT molecular complexity index is 753. The van der Waals surface area contributed by atoms with Gasteiger partial charge < -0.3 is 5.11 Å². The summed E-state index contributed by atoms with van der Waals surface area (Å²) in [5.41, 5.74) is 2.37. The Morgan fingerprint density at radius 2 is 2.19 bits per heavy atom. The molecule has 0 radical (unpaired) electrons. The molecule has 0 fully saturated rings. The first-order chi connectivity index (χ1) is 10.1. The summed E-state index contributed by atoms with van der Waals surface area (Å²) in [5.74, 6) is 0. The van der Waals surface area contributed by atoms with Crippen LogP contribution in [0.25, 0.3) is 10.6 Å². The summed E-state index contributed by atoms with van der Waals surface area (Å²) in [4.78, 5) is 4.57. The van der Waals surface area contributed by atoms with E-state index in [9.17, 15) is 5.11 Å². The quantitative estimate of drug-likeness (QED) is 0.802. The molecule has 0 aliphatic carbocycles. The molecule has 0 saturated heterocycles. The fraction of sp³-hybridized carbons (Fsp3) is 0.214. The number of halogens is 1. The molecule has 2 heterocycles. The van der Waals surface area contributed by atoms with E-state index in [-0.39, 0.29) is 0 Å². The van der Waals surface area contributed by atoms with E-state index in [1.165, 1.54) is 0 Å². The van der Waals surface area contributed by atoms with Crippen LogP contribution >= 0.6 is 22.9 Å². The molecule has 21 heavy (non-hydrogen) atoms. The Morgan fingerprint density at radius 3 is 2.90 bits per heavy atom. The Balaban J connectivity index is 1.80. The molecule has 0 saturated carbocycles. The number of nitrogens with zero attached hydrogens (tertiary/aromatic N) is 4. The van der Waals surface area contributed by atoms with Crippen LogP contribution in [-0.4, -0.2) is 25.1 Å². The second kappa shape index (κ2) is 5.93. The van der Waals surface area contributed by atoms with Crippen LogP contribution in [0.2, 0.25) is 5.02 Å². The molecule has 1 atom stereocenters. The molecule has 0 spiro atoms. The highest BCUT2D eigenvalue weighted by Gasteiger charge is 2.10. The lowest BCUT2D eigenvalue weighted by atomic mass is 10.2. The summed E-state index contributed by atoms with van der Waals surface area (Å²) in [6.07, 6.45) is 1.10. The highest BCUT2D eigenvalue weighted by Crippen LogP contribution is 2.30. The normalized spacial score (nSPS) is 12.5. The Morgan fingerprint density at radius 1 is 1.38 bits per heavy atom. The Hall–Kier alpha value is -1.76. The van der Waals surface area contributed by atoms with Crippen LogP contribution in [-0.2, 0) is 6.54 Å². The molecular formula is C14H13ClN4OS. The maximum atomic E-state index is 9.44. The van der Waals surface area contributed by atoms with Crippen LogP contribution in [0.3, 0.4) is 0 Å². The molecule has 108 valence electrons. The van der Waals surface area contributed by atoms with E-state index in [1.807, 2.05) is 29.6 Å². The van der Waals surface area contributed by atoms with Gasteiger partial charge in [0, 0.05) is 10.9 Å². The standard InChI is InChI=1S/C14H13ClN4OS/c1-9(20)13-7-19(18-17-13)6-10-8-21-14(16-10)11-4-2-3-5-12(11)15/h2-5,7-9,20H,6H2,1H3. The van der Waals surface area contributed by atoms with E-state index in [1.54, 1.807) is 29.1 Å². The van der Waals surface area contributed by atoms with Gasteiger partial charge >= 0.3 is 0 Å². The number of hydrogen-bond donors (Lipinski definition) is 1. The summed E-state index contributed by atoms with van der Waals surface area (Å²) in [7, 11) is 0. The highest BCUT2D eigenvalue weighted by molar-refractivity contribution is 7.13. The van der Waals surface area contributed by atoms with Crippen molar-refractivity contribution in [3.8, 4) is 10.6 Å². The first-order valence-corrected chi connectivity index (χ1v) is 7.66. The largest absolute Gasteiger partial charge is 0.387 e. The number of thiazole rings is 1. The summed E-state index contributed by atoms with van der Waals surface area (Å²) in [5, 5.41) is 20.9. The molecule has 1 aromatic carbocycles. The van der Waals surface area contributed by atoms with Crippen molar-refractivity contribution in [2.75, 3.05) is 0 Å². The average Bonchev–Trinajstić information content (AvgIpc) is 3.09. The summed E-state index contributed by atoms with van der Waals surface area (Å²) < 4.78 is 1.66. The third-order valence-electron chi connectivity index (χ3n) is 2.96. The number of aliphatic hydroxyl groups is 1. The number of benzene rings is 1. The van der Waals surface area contributed by atoms with E-state index >= 15 is 0 Å². The van der Waals surface area contributed by atoms with Gasteiger partial charge in [0.2, 0.25) is 0 Å². The molecule has 1 unspecified atom stereocenters. The SMILES string of the molecule is CC(O)c1cn(Cc2csc(-c3ccccc3Cl)n2)nn1. The van der Waals surface area contributed by atoms with E-state index in [4.69, 9.17) is 11.6 Å². The summed E-state index contributed by atoms with van der Waals surface area (Å²) >= 11 is 7.72.